The lowest BCUT2D eigenvalue weighted by Gasteiger charge is -2.27. The normalized spacial score (nSPS) is 12.4. The maximum Gasteiger partial charge on any atom is 0.252 e. The summed E-state index contributed by atoms with van der Waals surface area (Å²) in [5.41, 5.74) is 1.05. The maximum atomic E-state index is 12.4. The average Bonchev–Trinajstić information content (AvgIpc) is 2.55. The van der Waals surface area contributed by atoms with E-state index in [9.17, 15) is 4.79 Å². The molecule has 0 aliphatic carbocycles. The van der Waals surface area contributed by atoms with E-state index in [2.05, 4.69) is 10.6 Å². The van der Waals surface area contributed by atoms with E-state index in [1.165, 1.54) is 0 Å². The molecule has 4 nitrogen and oxygen atoms in total. The number of rotatable bonds is 5. The predicted molar refractivity (Wildman–Crippen MR) is 99.6 cm³/mol. The summed E-state index contributed by atoms with van der Waals surface area (Å²) in [6.45, 7) is 0. The zero-order valence-electron chi connectivity index (χ0n) is 12.5. The van der Waals surface area contributed by atoms with Crippen molar-refractivity contribution in [2.24, 2.45) is 0 Å². The summed E-state index contributed by atoms with van der Waals surface area (Å²) in [5.74, 6) is 0.249. The SMILES string of the molecule is COc1ccc(C(=O)N[C@H](Nc2ccc(Cl)cc2)C(Cl)(Cl)Cl)cc1. The van der Waals surface area contributed by atoms with E-state index in [0.29, 0.717) is 22.0 Å². The number of ether oxygens (including phenoxy) is 1. The summed E-state index contributed by atoms with van der Waals surface area (Å²) >= 11 is 23.7. The van der Waals surface area contributed by atoms with Crippen LogP contribution < -0.4 is 15.4 Å². The Labute approximate surface area is 160 Å². The van der Waals surface area contributed by atoms with Crippen LogP contribution in [-0.4, -0.2) is 23.0 Å². The van der Waals surface area contributed by atoms with Crippen molar-refractivity contribution in [3.63, 3.8) is 0 Å². The van der Waals surface area contributed by atoms with Crippen LogP contribution in [0.5, 0.6) is 5.75 Å². The zero-order chi connectivity index (χ0) is 17.7. The number of carbonyl (C=O) groups is 1. The van der Waals surface area contributed by atoms with Crippen LogP contribution >= 0.6 is 46.4 Å². The number of halogens is 4. The number of alkyl halides is 3. The van der Waals surface area contributed by atoms with Crippen molar-refractivity contribution >= 4 is 58.0 Å². The molecule has 0 heterocycles. The third-order valence-corrected chi connectivity index (χ3v) is 4.02. The molecular formula is C16H14Cl4N2O2. The van der Waals surface area contributed by atoms with Gasteiger partial charge in [0.05, 0.1) is 7.11 Å². The molecule has 0 unspecified atom stereocenters. The first-order chi connectivity index (χ1) is 11.3. The molecule has 2 aromatic carbocycles. The summed E-state index contributed by atoms with van der Waals surface area (Å²) < 4.78 is 3.29. The van der Waals surface area contributed by atoms with Crippen LogP contribution in [0.15, 0.2) is 48.5 Å². The second kappa shape index (κ2) is 8.17. The number of benzene rings is 2. The molecule has 0 aromatic heterocycles. The molecule has 2 aromatic rings. The van der Waals surface area contributed by atoms with E-state index >= 15 is 0 Å². The number of amides is 1. The Morgan fingerprint density at radius 1 is 1.04 bits per heavy atom. The Balaban J connectivity index is 2.13. The largest absolute Gasteiger partial charge is 0.497 e. The highest BCUT2D eigenvalue weighted by atomic mass is 35.6. The van der Waals surface area contributed by atoms with E-state index in [4.69, 9.17) is 51.1 Å². The second-order valence-electron chi connectivity index (χ2n) is 4.83. The van der Waals surface area contributed by atoms with Crippen LogP contribution in [0.25, 0.3) is 0 Å². The molecule has 0 fully saturated rings. The van der Waals surface area contributed by atoms with Crippen molar-refractivity contribution in [2.75, 3.05) is 12.4 Å². The van der Waals surface area contributed by atoms with Gasteiger partial charge in [0, 0.05) is 16.3 Å². The lowest BCUT2D eigenvalue weighted by molar-refractivity contribution is 0.0942. The molecule has 0 bridgehead atoms. The topological polar surface area (TPSA) is 50.4 Å². The Bertz CT molecular complexity index is 685. The number of methoxy groups -OCH3 is 1. The fraction of sp³-hybridized carbons (Fsp3) is 0.188. The molecule has 0 saturated heterocycles. The van der Waals surface area contributed by atoms with Crippen LogP contribution in [0, 0.1) is 0 Å². The van der Waals surface area contributed by atoms with Gasteiger partial charge in [-0.05, 0) is 48.5 Å². The number of carbonyl (C=O) groups excluding carboxylic acids is 1. The fourth-order valence-corrected chi connectivity index (χ4v) is 2.32. The second-order valence-corrected chi connectivity index (χ2v) is 7.63. The van der Waals surface area contributed by atoms with Crippen LogP contribution in [0.1, 0.15) is 10.4 Å². The summed E-state index contributed by atoms with van der Waals surface area (Å²) in [4.78, 5) is 12.4. The highest BCUT2D eigenvalue weighted by Gasteiger charge is 2.34. The van der Waals surface area contributed by atoms with Crippen molar-refractivity contribution in [3.05, 3.63) is 59.1 Å². The van der Waals surface area contributed by atoms with Gasteiger partial charge in [-0.3, -0.25) is 4.79 Å². The van der Waals surface area contributed by atoms with Crippen LogP contribution in [0.2, 0.25) is 5.02 Å². The van der Waals surface area contributed by atoms with Crippen molar-refractivity contribution in [3.8, 4) is 5.75 Å². The van der Waals surface area contributed by atoms with Crippen LogP contribution in [0.4, 0.5) is 5.69 Å². The molecule has 2 N–H and O–H groups in total. The highest BCUT2D eigenvalue weighted by molar-refractivity contribution is 6.68. The van der Waals surface area contributed by atoms with Crippen molar-refractivity contribution in [1.82, 2.24) is 5.32 Å². The van der Waals surface area contributed by atoms with Crippen molar-refractivity contribution in [1.29, 1.82) is 0 Å². The van der Waals surface area contributed by atoms with Gasteiger partial charge in [-0.15, -0.1) is 0 Å². The Morgan fingerprint density at radius 3 is 2.12 bits per heavy atom. The highest BCUT2D eigenvalue weighted by Crippen LogP contribution is 2.31. The summed E-state index contributed by atoms with van der Waals surface area (Å²) in [6, 6.07) is 13.4. The molecule has 24 heavy (non-hydrogen) atoms. The van der Waals surface area contributed by atoms with Crippen LogP contribution in [0.3, 0.4) is 0 Å². The predicted octanol–water partition coefficient (Wildman–Crippen LogP) is 4.89. The third-order valence-electron chi connectivity index (χ3n) is 3.11. The van der Waals surface area contributed by atoms with E-state index in [0.717, 1.165) is 0 Å². The average molecular weight is 408 g/mol. The van der Waals surface area contributed by atoms with Gasteiger partial charge in [0.15, 0.2) is 0 Å². The number of hydrogen-bond donors (Lipinski definition) is 2. The molecule has 8 heteroatoms. The standard InChI is InChI=1S/C16H14Cl4N2O2/c1-24-13-8-2-10(3-9-13)14(23)22-15(16(18,19)20)21-12-6-4-11(17)5-7-12/h2-9,15,21H,1H3,(H,22,23)/t15-/m0/s1. The minimum Gasteiger partial charge on any atom is -0.497 e. The van der Waals surface area contributed by atoms with Gasteiger partial charge in [-0.25, -0.2) is 0 Å². The summed E-state index contributed by atoms with van der Waals surface area (Å²) in [7, 11) is 1.55. The molecule has 0 saturated carbocycles. The van der Waals surface area contributed by atoms with Crippen molar-refractivity contribution in [2.45, 2.75) is 9.96 Å². The Morgan fingerprint density at radius 2 is 1.62 bits per heavy atom. The molecule has 0 aliphatic heterocycles. The van der Waals surface area contributed by atoms with Gasteiger partial charge in [0.2, 0.25) is 3.79 Å². The Kier molecular flexibility index (Phi) is 6.47. The lowest BCUT2D eigenvalue weighted by atomic mass is 10.2. The number of anilines is 1. The van der Waals surface area contributed by atoms with Crippen LogP contribution in [-0.2, 0) is 0 Å². The Hall–Kier alpha value is -1.33. The van der Waals surface area contributed by atoms with E-state index in [-0.39, 0.29) is 0 Å². The summed E-state index contributed by atoms with van der Waals surface area (Å²) in [6.07, 6.45) is -0.946. The van der Waals surface area contributed by atoms with Gasteiger partial charge < -0.3 is 15.4 Å². The first kappa shape index (κ1) is 19.0. The number of hydrogen-bond acceptors (Lipinski definition) is 3. The zero-order valence-corrected chi connectivity index (χ0v) is 15.5. The van der Waals surface area contributed by atoms with Gasteiger partial charge in [0.25, 0.3) is 5.91 Å². The van der Waals surface area contributed by atoms with E-state index in [1.807, 2.05) is 0 Å². The fourth-order valence-electron chi connectivity index (χ4n) is 1.87. The maximum absolute atomic E-state index is 12.4. The van der Waals surface area contributed by atoms with E-state index < -0.39 is 15.9 Å². The third kappa shape index (κ3) is 5.35. The monoisotopic (exact) mass is 406 g/mol. The quantitative estimate of drug-likeness (QED) is 0.548. The van der Waals surface area contributed by atoms with Gasteiger partial charge in [0.1, 0.15) is 11.9 Å². The number of nitrogens with one attached hydrogen (secondary N) is 2. The molecule has 0 aliphatic rings. The van der Waals surface area contributed by atoms with Gasteiger partial charge in [-0.1, -0.05) is 46.4 Å². The van der Waals surface area contributed by atoms with Gasteiger partial charge in [-0.2, -0.15) is 0 Å². The summed E-state index contributed by atoms with van der Waals surface area (Å²) in [5, 5.41) is 6.19. The lowest BCUT2D eigenvalue weighted by Crippen LogP contribution is -2.49. The van der Waals surface area contributed by atoms with Crippen molar-refractivity contribution < 1.29 is 9.53 Å². The molecule has 128 valence electrons. The molecular weight excluding hydrogens is 394 g/mol. The van der Waals surface area contributed by atoms with E-state index in [1.54, 1.807) is 55.6 Å². The minimum atomic E-state index is -1.76. The first-order valence-electron chi connectivity index (χ1n) is 6.83. The minimum absolute atomic E-state index is 0.393. The first-order valence-corrected chi connectivity index (χ1v) is 8.34. The molecule has 0 spiro atoms. The molecule has 1 atom stereocenters. The van der Waals surface area contributed by atoms with Gasteiger partial charge >= 0.3 is 0 Å². The molecule has 2 rings (SSSR count). The molecule has 1 amide bonds. The smallest absolute Gasteiger partial charge is 0.252 e. The molecule has 0 radical (unpaired) electrons.